The van der Waals surface area contributed by atoms with Crippen molar-refractivity contribution >= 4 is 17.7 Å². The zero-order valence-electron chi connectivity index (χ0n) is 15.4. The molecule has 0 saturated carbocycles. The second-order valence-corrected chi connectivity index (χ2v) is 6.62. The minimum atomic E-state index is -1.49. The van der Waals surface area contributed by atoms with Crippen molar-refractivity contribution < 1.29 is 23.9 Å². The first kappa shape index (κ1) is 19.8. The normalized spacial score (nSPS) is 25.7. The van der Waals surface area contributed by atoms with E-state index in [2.05, 4.69) is 11.9 Å². The molecule has 0 aromatic heterocycles. The molecule has 3 atom stereocenters. The van der Waals surface area contributed by atoms with Crippen LogP contribution in [0, 0.1) is 5.41 Å². The molecule has 1 aliphatic heterocycles. The first-order chi connectivity index (χ1) is 12.3. The third-order valence-corrected chi connectivity index (χ3v) is 4.84. The minimum absolute atomic E-state index is 0.135. The van der Waals surface area contributed by atoms with Crippen molar-refractivity contribution in [1.82, 2.24) is 5.32 Å². The number of carbonyl (C=O) groups is 3. The summed E-state index contributed by atoms with van der Waals surface area (Å²) in [6.45, 7) is 7.34. The number of rotatable bonds is 6. The van der Waals surface area contributed by atoms with Crippen molar-refractivity contribution in [2.24, 2.45) is 5.41 Å². The molecule has 1 N–H and O–H groups in total. The van der Waals surface area contributed by atoms with Crippen LogP contribution in [0.1, 0.15) is 32.3 Å². The molecule has 0 aliphatic carbocycles. The Morgan fingerprint density at radius 2 is 1.96 bits per heavy atom. The van der Waals surface area contributed by atoms with Gasteiger partial charge in [-0.3, -0.25) is 14.4 Å². The largest absolute Gasteiger partial charge is 0.468 e. The predicted octanol–water partition coefficient (Wildman–Crippen LogP) is 2.17. The summed E-state index contributed by atoms with van der Waals surface area (Å²) in [5.74, 6) is -1.24. The molecule has 26 heavy (non-hydrogen) atoms. The second-order valence-electron chi connectivity index (χ2n) is 6.62. The van der Waals surface area contributed by atoms with Crippen molar-refractivity contribution in [3.05, 3.63) is 48.0 Å². The van der Waals surface area contributed by atoms with Gasteiger partial charge >= 0.3 is 5.97 Å². The van der Waals surface area contributed by atoms with Gasteiger partial charge in [0.15, 0.2) is 11.2 Å². The summed E-state index contributed by atoms with van der Waals surface area (Å²) in [6.07, 6.45) is -0.880. The van der Waals surface area contributed by atoms with Gasteiger partial charge in [-0.1, -0.05) is 36.9 Å². The summed E-state index contributed by atoms with van der Waals surface area (Å²) in [6, 6.07) is 9.55. The Morgan fingerprint density at radius 3 is 2.58 bits per heavy atom. The zero-order chi connectivity index (χ0) is 19.3. The van der Waals surface area contributed by atoms with E-state index in [-0.39, 0.29) is 24.3 Å². The highest BCUT2D eigenvalue weighted by atomic mass is 16.5. The summed E-state index contributed by atoms with van der Waals surface area (Å²) < 4.78 is 10.6. The van der Waals surface area contributed by atoms with E-state index < -0.39 is 29.4 Å². The summed E-state index contributed by atoms with van der Waals surface area (Å²) >= 11 is 0. The number of ketones is 1. The highest BCUT2D eigenvalue weighted by molar-refractivity contribution is 6.13. The summed E-state index contributed by atoms with van der Waals surface area (Å²) in [7, 11) is 1.23. The van der Waals surface area contributed by atoms with Crippen LogP contribution in [-0.4, -0.2) is 37.0 Å². The number of nitrogens with one attached hydrogen (secondary N) is 1. The van der Waals surface area contributed by atoms with Crippen LogP contribution < -0.4 is 5.32 Å². The van der Waals surface area contributed by atoms with Gasteiger partial charge in [0.2, 0.25) is 5.91 Å². The molecule has 0 spiro atoms. The van der Waals surface area contributed by atoms with Crippen LogP contribution in [0.2, 0.25) is 0 Å². The van der Waals surface area contributed by atoms with E-state index in [1.165, 1.54) is 14.0 Å². The van der Waals surface area contributed by atoms with Crippen molar-refractivity contribution in [1.29, 1.82) is 0 Å². The van der Waals surface area contributed by atoms with Crippen molar-refractivity contribution in [3.8, 4) is 0 Å². The number of amides is 1. The number of hydrogen-bond donors (Lipinski definition) is 1. The molecule has 1 aliphatic rings. The first-order valence-electron chi connectivity index (χ1n) is 8.58. The van der Waals surface area contributed by atoms with E-state index in [4.69, 9.17) is 9.47 Å². The lowest BCUT2D eigenvalue weighted by molar-refractivity contribution is -0.175. The number of esters is 1. The number of carbonyl (C=O) groups excluding carboxylic acids is 3. The maximum Gasteiger partial charge on any atom is 0.322 e. The van der Waals surface area contributed by atoms with E-state index in [1.54, 1.807) is 6.92 Å². The van der Waals surface area contributed by atoms with Crippen molar-refractivity contribution in [3.63, 3.8) is 0 Å². The average molecular weight is 359 g/mol. The number of benzene rings is 1. The predicted molar refractivity (Wildman–Crippen MR) is 96.1 cm³/mol. The molecule has 140 valence electrons. The molecule has 1 fully saturated rings. The maximum atomic E-state index is 12.6. The topological polar surface area (TPSA) is 81.7 Å². The van der Waals surface area contributed by atoms with Gasteiger partial charge in [-0.25, -0.2) is 0 Å². The SMILES string of the molecule is C=C1C(=O)C(C)(C(=O)OC)C(CCC(=O)NCc2ccccc2)OC1C. The van der Waals surface area contributed by atoms with Crippen LogP contribution in [0.4, 0.5) is 0 Å². The minimum Gasteiger partial charge on any atom is -0.468 e. The molecule has 1 amide bonds. The Labute approximate surface area is 153 Å². The molecular weight excluding hydrogens is 334 g/mol. The third-order valence-electron chi connectivity index (χ3n) is 4.84. The van der Waals surface area contributed by atoms with Gasteiger partial charge in [0, 0.05) is 18.5 Å². The molecule has 6 nitrogen and oxygen atoms in total. The molecule has 1 saturated heterocycles. The summed E-state index contributed by atoms with van der Waals surface area (Å²) in [4.78, 5) is 37.0. The van der Waals surface area contributed by atoms with E-state index >= 15 is 0 Å². The van der Waals surface area contributed by atoms with E-state index in [9.17, 15) is 14.4 Å². The van der Waals surface area contributed by atoms with Crippen LogP contribution in [0.5, 0.6) is 0 Å². The Balaban J connectivity index is 2.01. The van der Waals surface area contributed by atoms with Gasteiger partial charge in [-0.05, 0) is 25.8 Å². The van der Waals surface area contributed by atoms with Crippen LogP contribution in [0.3, 0.4) is 0 Å². The zero-order valence-corrected chi connectivity index (χ0v) is 15.4. The highest BCUT2D eigenvalue weighted by Gasteiger charge is 2.54. The van der Waals surface area contributed by atoms with Crippen LogP contribution in [0.15, 0.2) is 42.5 Å². The molecule has 0 bridgehead atoms. The van der Waals surface area contributed by atoms with Gasteiger partial charge < -0.3 is 14.8 Å². The van der Waals surface area contributed by atoms with Gasteiger partial charge in [0.05, 0.1) is 19.3 Å². The number of hydrogen-bond acceptors (Lipinski definition) is 5. The number of ether oxygens (including phenoxy) is 2. The lowest BCUT2D eigenvalue weighted by atomic mass is 9.72. The number of Topliss-reactive ketones (excluding diaryl/α,β-unsaturated/α-hetero) is 1. The fourth-order valence-corrected chi connectivity index (χ4v) is 3.07. The standard InChI is InChI=1S/C20H25NO5/c1-13-14(2)26-16(20(3,18(13)23)19(24)25-4)10-11-17(22)21-12-15-8-6-5-7-9-15/h5-9,14,16H,1,10-12H2,2-4H3,(H,21,22). The quantitative estimate of drug-likeness (QED) is 0.478. The van der Waals surface area contributed by atoms with E-state index in [1.807, 2.05) is 30.3 Å². The van der Waals surface area contributed by atoms with Gasteiger partial charge in [0.1, 0.15) is 0 Å². The second kappa shape index (κ2) is 8.27. The molecule has 1 aromatic rings. The molecule has 1 heterocycles. The number of methoxy groups -OCH3 is 1. The molecule has 6 heteroatoms. The first-order valence-corrected chi connectivity index (χ1v) is 8.58. The monoisotopic (exact) mass is 359 g/mol. The Morgan fingerprint density at radius 1 is 1.31 bits per heavy atom. The van der Waals surface area contributed by atoms with Gasteiger partial charge in [-0.15, -0.1) is 0 Å². The Kier molecular flexibility index (Phi) is 6.32. The Bertz CT molecular complexity index is 699. The van der Waals surface area contributed by atoms with Crippen molar-refractivity contribution in [2.45, 2.75) is 45.4 Å². The smallest absolute Gasteiger partial charge is 0.322 e. The van der Waals surface area contributed by atoms with Gasteiger partial charge in [-0.2, -0.15) is 0 Å². The van der Waals surface area contributed by atoms with Crippen molar-refractivity contribution in [2.75, 3.05) is 7.11 Å². The van der Waals surface area contributed by atoms with Crippen LogP contribution in [-0.2, 0) is 30.4 Å². The van der Waals surface area contributed by atoms with Crippen LogP contribution in [0.25, 0.3) is 0 Å². The van der Waals surface area contributed by atoms with Gasteiger partial charge in [0.25, 0.3) is 0 Å². The fourth-order valence-electron chi connectivity index (χ4n) is 3.07. The molecule has 0 radical (unpaired) electrons. The summed E-state index contributed by atoms with van der Waals surface area (Å²) in [5, 5.41) is 2.83. The maximum absolute atomic E-state index is 12.6. The molecule has 3 unspecified atom stereocenters. The lowest BCUT2D eigenvalue weighted by Crippen LogP contribution is -2.55. The molecule has 1 aromatic carbocycles. The third kappa shape index (κ3) is 4.02. The Hall–Kier alpha value is -2.47. The summed E-state index contributed by atoms with van der Waals surface area (Å²) in [5.41, 5.74) is -0.255. The molecular formula is C20H25NO5. The highest BCUT2D eigenvalue weighted by Crippen LogP contribution is 2.39. The average Bonchev–Trinajstić information content (AvgIpc) is 2.66. The fraction of sp³-hybridized carbons (Fsp3) is 0.450. The van der Waals surface area contributed by atoms with E-state index in [0.717, 1.165) is 5.56 Å². The lowest BCUT2D eigenvalue weighted by Gasteiger charge is -2.41. The van der Waals surface area contributed by atoms with Crippen LogP contribution >= 0.6 is 0 Å². The molecule has 2 rings (SSSR count). The van der Waals surface area contributed by atoms with E-state index in [0.29, 0.717) is 6.54 Å².